The van der Waals surface area contributed by atoms with Crippen molar-refractivity contribution in [1.82, 2.24) is 9.36 Å². The fourth-order valence-electron chi connectivity index (χ4n) is 1.61. The molecule has 0 radical (unpaired) electrons. The molecule has 1 aliphatic carbocycles. The van der Waals surface area contributed by atoms with Crippen molar-refractivity contribution in [3.8, 4) is 0 Å². The van der Waals surface area contributed by atoms with Gasteiger partial charge in [0.25, 0.3) is 0 Å². The van der Waals surface area contributed by atoms with E-state index in [2.05, 4.69) is 9.36 Å². The number of carbonyl (C=O) groups is 1. The van der Waals surface area contributed by atoms with E-state index in [0.717, 1.165) is 17.5 Å². The van der Waals surface area contributed by atoms with Crippen LogP contribution in [0.5, 0.6) is 0 Å². The molecule has 1 aromatic rings. The van der Waals surface area contributed by atoms with Gasteiger partial charge in [0, 0.05) is 30.5 Å². The lowest BCUT2D eigenvalue weighted by atomic mass is 10.2. The highest BCUT2D eigenvalue weighted by molar-refractivity contribution is 7.09. The monoisotopic (exact) mass is 255 g/mol. The number of nitrogens with zero attached hydrogens (tertiary/aromatic N) is 3. The van der Waals surface area contributed by atoms with Gasteiger partial charge in [-0.15, -0.1) is 0 Å². The molecule has 0 spiro atoms. The number of carboxylic acid groups (broad SMARTS) is 1. The second-order valence-electron chi connectivity index (χ2n) is 4.49. The average molecular weight is 255 g/mol. The molecule has 1 N–H and O–H groups in total. The first-order chi connectivity index (χ1) is 8.11. The maximum atomic E-state index is 10.8. The van der Waals surface area contributed by atoms with Gasteiger partial charge in [-0.1, -0.05) is 6.92 Å². The van der Waals surface area contributed by atoms with E-state index in [4.69, 9.17) is 5.11 Å². The summed E-state index contributed by atoms with van der Waals surface area (Å²) in [6.07, 6.45) is 2.38. The van der Waals surface area contributed by atoms with Crippen LogP contribution < -0.4 is 4.90 Å². The molecule has 1 aliphatic rings. The summed E-state index contributed by atoms with van der Waals surface area (Å²) in [4.78, 5) is 17.3. The van der Waals surface area contributed by atoms with Crippen molar-refractivity contribution in [2.75, 3.05) is 18.0 Å². The van der Waals surface area contributed by atoms with Gasteiger partial charge in [0.2, 0.25) is 5.13 Å². The minimum atomic E-state index is -0.768. The molecule has 1 fully saturated rings. The number of anilines is 1. The molecule has 1 saturated carbocycles. The Morgan fingerprint density at radius 3 is 2.88 bits per heavy atom. The number of carboxylic acids is 1. The molecule has 2 rings (SSSR count). The van der Waals surface area contributed by atoms with Crippen LogP contribution in [0.15, 0.2) is 0 Å². The van der Waals surface area contributed by atoms with Crippen LogP contribution in [-0.2, 0) is 4.79 Å². The lowest BCUT2D eigenvalue weighted by Gasteiger charge is -2.21. The molecule has 1 unspecified atom stereocenters. The van der Waals surface area contributed by atoms with Gasteiger partial charge in [-0.2, -0.15) is 4.37 Å². The van der Waals surface area contributed by atoms with Gasteiger partial charge in [0.1, 0.15) is 5.82 Å². The zero-order chi connectivity index (χ0) is 12.4. The number of aliphatic carboxylic acids is 1. The summed E-state index contributed by atoms with van der Waals surface area (Å²) < 4.78 is 4.34. The van der Waals surface area contributed by atoms with E-state index in [0.29, 0.717) is 12.5 Å². The molecular weight excluding hydrogens is 238 g/mol. The van der Waals surface area contributed by atoms with E-state index >= 15 is 0 Å². The van der Waals surface area contributed by atoms with E-state index in [9.17, 15) is 4.79 Å². The summed E-state index contributed by atoms with van der Waals surface area (Å²) in [5.74, 6) is 0.334. The second kappa shape index (κ2) is 5.00. The van der Waals surface area contributed by atoms with E-state index < -0.39 is 5.97 Å². The molecule has 0 bridgehead atoms. The van der Waals surface area contributed by atoms with Crippen molar-refractivity contribution in [1.29, 1.82) is 0 Å². The minimum Gasteiger partial charge on any atom is -0.481 e. The van der Waals surface area contributed by atoms with Gasteiger partial charge >= 0.3 is 5.97 Å². The average Bonchev–Trinajstić information content (AvgIpc) is 3.04. The summed E-state index contributed by atoms with van der Waals surface area (Å²) in [5, 5.41) is 9.77. The van der Waals surface area contributed by atoms with E-state index in [1.165, 1.54) is 24.4 Å². The molecule has 1 atom stereocenters. The first kappa shape index (κ1) is 12.3. The molecule has 0 amide bonds. The van der Waals surface area contributed by atoms with Crippen LogP contribution in [-0.4, -0.2) is 33.5 Å². The van der Waals surface area contributed by atoms with Gasteiger partial charge < -0.3 is 10.0 Å². The molecule has 6 heteroatoms. The smallest absolute Gasteiger partial charge is 0.308 e. The van der Waals surface area contributed by atoms with Gasteiger partial charge in [0.15, 0.2) is 0 Å². The molecular formula is C11H17N3O2S. The lowest BCUT2D eigenvalue weighted by Crippen LogP contribution is -2.31. The standard InChI is InChI=1S/C11H17N3O2S/c1-3-14(6-7(2)10(15)16)11-12-9(13-17-11)8-4-5-8/h7-8H,3-6H2,1-2H3,(H,15,16). The Hall–Kier alpha value is -1.17. The van der Waals surface area contributed by atoms with Gasteiger partial charge in [-0.3, -0.25) is 4.79 Å². The minimum absolute atomic E-state index is 0.386. The Bertz CT molecular complexity index is 403. The van der Waals surface area contributed by atoms with Crippen molar-refractivity contribution in [3.63, 3.8) is 0 Å². The van der Waals surface area contributed by atoms with Crippen molar-refractivity contribution in [2.24, 2.45) is 5.92 Å². The van der Waals surface area contributed by atoms with Crippen molar-refractivity contribution in [3.05, 3.63) is 5.82 Å². The maximum Gasteiger partial charge on any atom is 0.308 e. The van der Waals surface area contributed by atoms with Crippen molar-refractivity contribution in [2.45, 2.75) is 32.6 Å². The fourth-order valence-corrected chi connectivity index (χ4v) is 2.43. The first-order valence-corrected chi connectivity index (χ1v) is 6.70. The number of aromatic nitrogens is 2. The van der Waals surface area contributed by atoms with Crippen LogP contribution in [0.4, 0.5) is 5.13 Å². The third-order valence-electron chi connectivity index (χ3n) is 2.94. The third kappa shape index (κ3) is 2.94. The van der Waals surface area contributed by atoms with Gasteiger partial charge in [0.05, 0.1) is 5.92 Å². The highest BCUT2D eigenvalue weighted by atomic mass is 32.1. The van der Waals surface area contributed by atoms with Crippen LogP contribution >= 0.6 is 11.5 Å². The van der Waals surface area contributed by atoms with E-state index in [1.54, 1.807) is 6.92 Å². The van der Waals surface area contributed by atoms with Crippen LogP contribution in [0.2, 0.25) is 0 Å². The number of hydrogen-bond donors (Lipinski definition) is 1. The fraction of sp³-hybridized carbons (Fsp3) is 0.727. The molecule has 5 nitrogen and oxygen atoms in total. The van der Waals surface area contributed by atoms with Gasteiger partial charge in [-0.25, -0.2) is 4.98 Å². The summed E-state index contributed by atoms with van der Waals surface area (Å²) >= 11 is 1.38. The molecule has 17 heavy (non-hydrogen) atoms. The summed E-state index contributed by atoms with van der Waals surface area (Å²) in [6, 6.07) is 0. The maximum absolute atomic E-state index is 10.8. The lowest BCUT2D eigenvalue weighted by molar-refractivity contribution is -0.140. The quantitative estimate of drug-likeness (QED) is 0.841. The Labute approximate surface area is 105 Å². The Morgan fingerprint density at radius 1 is 1.65 bits per heavy atom. The van der Waals surface area contributed by atoms with Crippen molar-refractivity contribution >= 4 is 22.6 Å². The highest BCUT2D eigenvalue weighted by Gasteiger charge is 2.28. The highest BCUT2D eigenvalue weighted by Crippen LogP contribution is 2.39. The number of rotatable bonds is 6. The zero-order valence-corrected chi connectivity index (χ0v) is 10.9. The Balaban J connectivity index is 2.02. The summed E-state index contributed by atoms with van der Waals surface area (Å²) in [7, 11) is 0. The predicted octanol–water partition coefficient (Wildman–Crippen LogP) is 1.96. The van der Waals surface area contributed by atoms with E-state index in [-0.39, 0.29) is 5.92 Å². The Morgan fingerprint density at radius 2 is 2.35 bits per heavy atom. The predicted molar refractivity (Wildman–Crippen MR) is 66.6 cm³/mol. The van der Waals surface area contributed by atoms with Gasteiger partial charge in [-0.05, 0) is 19.8 Å². The first-order valence-electron chi connectivity index (χ1n) is 5.93. The molecule has 0 aliphatic heterocycles. The second-order valence-corrected chi connectivity index (χ2v) is 5.22. The van der Waals surface area contributed by atoms with Crippen LogP contribution in [0.1, 0.15) is 38.4 Å². The molecule has 1 heterocycles. The normalized spacial score (nSPS) is 16.8. The molecule has 94 valence electrons. The Kier molecular flexibility index (Phi) is 3.61. The summed E-state index contributed by atoms with van der Waals surface area (Å²) in [6.45, 7) is 4.97. The molecule has 0 aromatic carbocycles. The largest absolute Gasteiger partial charge is 0.481 e. The summed E-state index contributed by atoms with van der Waals surface area (Å²) in [5.41, 5.74) is 0. The van der Waals surface area contributed by atoms with Crippen LogP contribution in [0, 0.1) is 5.92 Å². The zero-order valence-electron chi connectivity index (χ0n) is 10.1. The molecule has 0 saturated heterocycles. The van der Waals surface area contributed by atoms with Crippen LogP contribution in [0.3, 0.4) is 0 Å². The van der Waals surface area contributed by atoms with E-state index in [1.807, 2.05) is 11.8 Å². The molecule has 1 aromatic heterocycles. The number of hydrogen-bond acceptors (Lipinski definition) is 5. The topological polar surface area (TPSA) is 66.3 Å². The van der Waals surface area contributed by atoms with Crippen molar-refractivity contribution < 1.29 is 9.90 Å². The van der Waals surface area contributed by atoms with Crippen LogP contribution in [0.25, 0.3) is 0 Å². The SMILES string of the molecule is CCN(CC(C)C(=O)O)c1nc(C2CC2)ns1. The third-order valence-corrected chi connectivity index (χ3v) is 3.73.